The Morgan fingerprint density at radius 3 is 2.58 bits per heavy atom. The van der Waals surface area contributed by atoms with Gasteiger partial charge in [0.2, 0.25) is 5.91 Å². The first kappa shape index (κ1) is 16.7. The Bertz CT molecular complexity index is 694. The lowest BCUT2D eigenvalue weighted by atomic mass is 10.0. The number of benzene rings is 1. The number of hydrogen-bond acceptors (Lipinski definition) is 4. The lowest BCUT2D eigenvalue weighted by Gasteiger charge is -2.13. The van der Waals surface area contributed by atoms with E-state index in [9.17, 15) is 9.59 Å². The van der Waals surface area contributed by atoms with E-state index in [4.69, 9.17) is 0 Å². The molecule has 6 heteroatoms. The van der Waals surface area contributed by atoms with Crippen LogP contribution in [0.25, 0.3) is 0 Å². The summed E-state index contributed by atoms with van der Waals surface area (Å²) in [6, 6.07) is 10.9. The van der Waals surface area contributed by atoms with E-state index in [-0.39, 0.29) is 11.8 Å². The van der Waals surface area contributed by atoms with Crippen LogP contribution in [0.15, 0.2) is 41.8 Å². The highest BCUT2D eigenvalue weighted by Crippen LogP contribution is 2.23. The first-order chi connectivity index (χ1) is 11.7. The number of anilines is 2. The summed E-state index contributed by atoms with van der Waals surface area (Å²) >= 11 is 1.39. The molecule has 3 N–H and O–H groups in total. The van der Waals surface area contributed by atoms with Crippen LogP contribution in [0, 0.1) is 5.92 Å². The van der Waals surface area contributed by atoms with E-state index in [2.05, 4.69) is 16.0 Å². The molecule has 1 atom stereocenters. The van der Waals surface area contributed by atoms with E-state index in [0.717, 1.165) is 25.9 Å². The fraction of sp³-hybridized carbons (Fsp3) is 0.333. The van der Waals surface area contributed by atoms with E-state index < -0.39 is 0 Å². The van der Waals surface area contributed by atoms with Gasteiger partial charge in [-0.1, -0.05) is 18.2 Å². The van der Waals surface area contributed by atoms with E-state index in [0.29, 0.717) is 28.6 Å². The van der Waals surface area contributed by atoms with Crippen molar-refractivity contribution in [1.82, 2.24) is 5.32 Å². The number of rotatable bonds is 6. The number of nitrogens with one attached hydrogen (secondary N) is 3. The third-order valence-corrected chi connectivity index (χ3v) is 5.00. The second kappa shape index (κ2) is 8.08. The summed E-state index contributed by atoms with van der Waals surface area (Å²) < 4.78 is 0. The van der Waals surface area contributed by atoms with Crippen molar-refractivity contribution in [2.24, 2.45) is 5.92 Å². The first-order valence-electron chi connectivity index (χ1n) is 8.17. The van der Waals surface area contributed by atoms with Gasteiger partial charge in [-0.15, -0.1) is 11.3 Å². The monoisotopic (exact) mass is 343 g/mol. The molecule has 1 unspecified atom stereocenters. The second-order valence-electron chi connectivity index (χ2n) is 5.92. The Morgan fingerprint density at radius 1 is 1.12 bits per heavy atom. The normalized spacial score (nSPS) is 16.8. The number of thiophene rings is 1. The Hall–Kier alpha value is -2.18. The summed E-state index contributed by atoms with van der Waals surface area (Å²) in [7, 11) is 0. The molecule has 3 rings (SSSR count). The second-order valence-corrected chi connectivity index (χ2v) is 6.87. The highest BCUT2D eigenvalue weighted by atomic mass is 32.1. The SMILES string of the molecule is O=C(CCC1CCNC1)Nc1ccccc1NC(=O)c1cccs1. The van der Waals surface area contributed by atoms with Gasteiger partial charge in [0, 0.05) is 6.42 Å². The quantitative estimate of drug-likeness (QED) is 0.753. The molecular formula is C18H21N3O2S. The Kier molecular flexibility index (Phi) is 5.61. The number of amides is 2. The molecule has 2 amide bonds. The predicted octanol–water partition coefficient (Wildman–Crippen LogP) is 3.33. The van der Waals surface area contributed by atoms with E-state index in [1.54, 1.807) is 18.2 Å². The van der Waals surface area contributed by atoms with Crippen molar-refractivity contribution in [2.45, 2.75) is 19.3 Å². The van der Waals surface area contributed by atoms with Gasteiger partial charge in [-0.3, -0.25) is 9.59 Å². The van der Waals surface area contributed by atoms with Crippen LogP contribution < -0.4 is 16.0 Å². The highest BCUT2D eigenvalue weighted by Gasteiger charge is 2.16. The van der Waals surface area contributed by atoms with Crippen molar-refractivity contribution in [1.29, 1.82) is 0 Å². The number of carbonyl (C=O) groups excluding carboxylic acids is 2. The standard InChI is InChI=1S/C18H21N3O2S/c22-17(8-7-13-9-10-19-12-13)20-14-4-1-2-5-15(14)21-18(23)16-6-3-11-24-16/h1-6,11,13,19H,7-10,12H2,(H,20,22)(H,21,23). The van der Waals surface area contributed by atoms with Crippen molar-refractivity contribution in [2.75, 3.05) is 23.7 Å². The summed E-state index contributed by atoms with van der Waals surface area (Å²) in [4.78, 5) is 25.0. The molecule has 1 aliphatic rings. The van der Waals surface area contributed by atoms with Crippen molar-refractivity contribution < 1.29 is 9.59 Å². The molecule has 1 aromatic heterocycles. The van der Waals surface area contributed by atoms with Gasteiger partial charge in [-0.25, -0.2) is 0 Å². The van der Waals surface area contributed by atoms with Crippen molar-refractivity contribution in [3.63, 3.8) is 0 Å². The first-order valence-corrected chi connectivity index (χ1v) is 9.05. The third-order valence-electron chi connectivity index (χ3n) is 4.14. The molecular weight excluding hydrogens is 322 g/mol. The van der Waals surface area contributed by atoms with E-state index in [1.807, 2.05) is 23.6 Å². The highest BCUT2D eigenvalue weighted by molar-refractivity contribution is 7.12. The number of hydrogen-bond donors (Lipinski definition) is 3. The molecule has 1 aromatic carbocycles. The van der Waals surface area contributed by atoms with Crippen molar-refractivity contribution in [3.05, 3.63) is 46.7 Å². The van der Waals surface area contributed by atoms with Crippen LogP contribution in [0.4, 0.5) is 11.4 Å². The summed E-state index contributed by atoms with van der Waals surface area (Å²) in [6.45, 7) is 2.05. The molecule has 0 saturated carbocycles. The zero-order chi connectivity index (χ0) is 16.8. The zero-order valence-electron chi connectivity index (χ0n) is 13.4. The zero-order valence-corrected chi connectivity index (χ0v) is 14.2. The minimum atomic E-state index is -0.163. The molecule has 1 fully saturated rings. The smallest absolute Gasteiger partial charge is 0.265 e. The molecule has 0 radical (unpaired) electrons. The Morgan fingerprint density at radius 2 is 1.92 bits per heavy atom. The lowest BCUT2D eigenvalue weighted by Crippen LogP contribution is -2.17. The molecule has 2 aromatic rings. The van der Waals surface area contributed by atoms with Gasteiger partial charge in [0.1, 0.15) is 0 Å². The maximum absolute atomic E-state index is 12.2. The fourth-order valence-electron chi connectivity index (χ4n) is 2.80. The van der Waals surface area contributed by atoms with Crippen molar-refractivity contribution in [3.8, 4) is 0 Å². The van der Waals surface area contributed by atoms with Gasteiger partial charge in [0.15, 0.2) is 0 Å². The molecule has 1 aliphatic heterocycles. The molecule has 0 spiro atoms. The van der Waals surface area contributed by atoms with E-state index in [1.165, 1.54) is 11.3 Å². The largest absolute Gasteiger partial charge is 0.324 e. The number of carbonyl (C=O) groups is 2. The van der Waals surface area contributed by atoms with Crippen LogP contribution in [0.1, 0.15) is 28.9 Å². The van der Waals surface area contributed by atoms with Gasteiger partial charge >= 0.3 is 0 Å². The van der Waals surface area contributed by atoms with Gasteiger partial charge in [0.05, 0.1) is 16.3 Å². The van der Waals surface area contributed by atoms with Crippen LogP contribution >= 0.6 is 11.3 Å². The van der Waals surface area contributed by atoms with E-state index >= 15 is 0 Å². The van der Waals surface area contributed by atoms with Crippen LogP contribution in [0.2, 0.25) is 0 Å². The molecule has 24 heavy (non-hydrogen) atoms. The number of para-hydroxylation sites is 2. The van der Waals surface area contributed by atoms with Crippen molar-refractivity contribution >= 4 is 34.5 Å². The molecule has 2 heterocycles. The molecule has 0 aliphatic carbocycles. The summed E-state index contributed by atoms with van der Waals surface area (Å²) in [6.07, 6.45) is 2.53. The van der Waals surface area contributed by atoms with Crippen LogP contribution in [-0.2, 0) is 4.79 Å². The van der Waals surface area contributed by atoms with Crippen LogP contribution in [-0.4, -0.2) is 24.9 Å². The average molecular weight is 343 g/mol. The topological polar surface area (TPSA) is 70.2 Å². The summed E-state index contributed by atoms with van der Waals surface area (Å²) in [5.74, 6) is 0.410. The van der Waals surface area contributed by atoms with Gasteiger partial charge in [-0.2, -0.15) is 0 Å². The predicted molar refractivity (Wildman–Crippen MR) is 97.6 cm³/mol. The molecule has 1 saturated heterocycles. The molecule has 5 nitrogen and oxygen atoms in total. The lowest BCUT2D eigenvalue weighted by molar-refractivity contribution is -0.116. The van der Waals surface area contributed by atoms with Crippen LogP contribution in [0.3, 0.4) is 0 Å². The van der Waals surface area contributed by atoms with Crippen LogP contribution in [0.5, 0.6) is 0 Å². The summed E-state index contributed by atoms with van der Waals surface area (Å²) in [5, 5.41) is 10.9. The average Bonchev–Trinajstić information content (AvgIpc) is 3.28. The summed E-state index contributed by atoms with van der Waals surface area (Å²) in [5.41, 5.74) is 1.25. The third kappa shape index (κ3) is 4.43. The molecule has 126 valence electrons. The van der Waals surface area contributed by atoms with Gasteiger partial charge in [0.25, 0.3) is 5.91 Å². The van der Waals surface area contributed by atoms with Gasteiger partial charge in [-0.05, 0) is 55.4 Å². The maximum Gasteiger partial charge on any atom is 0.265 e. The minimum Gasteiger partial charge on any atom is -0.324 e. The fourth-order valence-corrected chi connectivity index (χ4v) is 3.42. The Balaban J connectivity index is 1.58. The Labute approximate surface area is 145 Å². The minimum absolute atomic E-state index is 0.0141. The molecule has 0 bridgehead atoms. The van der Waals surface area contributed by atoms with Gasteiger partial charge < -0.3 is 16.0 Å². The maximum atomic E-state index is 12.2.